The first kappa shape index (κ1) is 19.9. The molecule has 6 heteroatoms. The topological polar surface area (TPSA) is 99.2 Å². The van der Waals surface area contributed by atoms with Crippen molar-refractivity contribution in [2.45, 2.75) is 51.6 Å². The molecule has 3 N–H and O–H groups in total. The molecule has 1 atom stereocenters. The Morgan fingerprint density at radius 1 is 1.27 bits per heavy atom. The monoisotopic (exact) mass is 356 g/mol. The second kappa shape index (κ2) is 7.88. The lowest BCUT2D eigenvalue weighted by Crippen LogP contribution is -2.58. The van der Waals surface area contributed by atoms with Crippen LogP contribution >= 0.6 is 0 Å². The summed E-state index contributed by atoms with van der Waals surface area (Å²) in [5.41, 5.74) is 5.61. The van der Waals surface area contributed by atoms with Crippen LogP contribution in [0.1, 0.15) is 50.4 Å². The van der Waals surface area contributed by atoms with Crippen molar-refractivity contribution in [1.29, 1.82) is 5.26 Å². The molecule has 1 saturated heterocycles. The van der Waals surface area contributed by atoms with Gasteiger partial charge < -0.3 is 16.0 Å². The Labute approximate surface area is 155 Å². The van der Waals surface area contributed by atoms with Crippen molar-refractivity contribution in [1.82, 2.24) is 10.2 Å². The van der Waals surface area contributed by atoms with E-state index >= 15 is 0 Å². The van der Waals surface area contributed by atoms with E-state index in [1.165, 1.54) is 0 Å². The first-order chi connectivity index (χ1) is 12.2. The summed E-state index contributed by atoms with van der Waals surface area (Å²) in [7, 11) is 0. The molecule has 1 unspecified atom stereocenters. The Hall–Kier alpha value is -2.39. The van der Waals surface area contributed by atoms with Gasteiger partial charge in [-0.15, -0.1) is 0 Å². The summed E-state index contributed by atoms with van der Waals surface area (Å²) in [6, 6.07) is 10.7. The molecule has 2 rings (SSSR count). The number of hydrogen-bond acceptors (Lipinski definition) is 4. The fourth-order valence-corrected chi connectivity index (χ4v) is 3.20. The highest BCUT2D eigenvalue weighted by molar-refractivity contribution is 5.94. The summed E-state index contributed by atoms with van der Waals surface area (Å²) >= 11 is 0. The first-order valence-electron chi connectivity index (χ1n) is 8.99. The molecule has 1 heterocycles. The third-order valence-electron chi connectivity index (χ3n) is 4.67. The van der Waals surface area contributed by atoms with Gasteiger partial charge in [-0.3, -0.25) is 9.59 Å². The van der Waals surface area contributed by atoms with Crippen LogP contribution in [0.3, 0.4) is 0 Å². The second-order valence-electron chi connectivity index (χ2n) is 8.21. The Morgan fingerprint density at radius 2 is 1.85 bits per heavy atom. The van der Waals surface area contributed by atoms with Gasteiger partial charge >= 0.3 is 0 Å². The van der Waals surface area contributed by atoms with Crippen LogP contribution in [0, 0.1) is 16.7 Å². The van der Waals surface area contributed by atoms with Gasteiger partial charge in [0.05, 0.1) is 12.1 Å². The molecule has 0 bridgehead atoms. The van der Waals surface area contributed by atoms with Crippen LogP contribution in [-0.2, 0) is 4.79 Å². The Bertz CT molecular complexity index is 680. The molecule has 1 aromatic carbocycles. The average molecular weight is 356 g/mol. The van der Waals surface area contributed by atoms with E-state index in [9.17, 15) is 14.9 Å². The van der Waals surface area contributed by atoms with E-state index < -0.39 is 11.6 Å². The van der Waals surface area contributed by atoms with Crippen LogP contribution in [0.5, 0.6) is 0 Å². The van der Waals surface area contributed by atoms with E-state index in [1.54, 1.807) is 17.0 Å². The van der Waals surface area contributed by atoms with Crippen molar-refractivity contribution in [3.05, 3.63) is 35.9 Å². The highest BCUT2D eigenvalue weighted by Crippen LogP contribution is 2.25. The molecule has 140 valence electrons. The molecule has 0 spiro atoms. The van der Waals surface area contributed by atoms with E-state index in [-0.39, 0.29) is 17.2 Å². The zero-order chi connectivity index (χ0) is 19.4. The van der Waals surface area contributed by atoms with Crippen LogP contribution in [-0.4, -0.2) is 41.4 Å². The van der Waals surface area contributed by atoms with Gasteiger partial charge in [0.2, 0.25) is 5.91 Å². The summed E-state index contributed by atoms with van der Waals surface area (Å²) < 4.78 is 0. The fraction of sp³-hybridized carbons (Fsp3) is 0.550. The number of hydrogen-bond donors (Lipinski definition) is 2. The van der Waals surface area contributed by atoms with Gasteiger partial charge in [-0.25, -0.2) is 0 Å². The molecule has 0 saturated carbocycles. The highest BCUT2D eigenvalue weighted by atomic mass is 16.2. The number of carbonyl (C=O) groups excluding carboxylic acids is 2. The van der Waals surface area contributed by atoms with Gasteiger partial charge in [-0.2, -0.15) is 5.26 Å². The molecule has 1 aliphatic heterocycles. The van der Waals surface area contributed by atoms with E-state index in [1.807, 2.05) is 39.0 Å². The number of nitrogens with zero attached hydrogens (tertiary/aromatic N) is 2. The van der Waals surface area contributed by atoms with Crippen LogP contribution in [0.15, 0.2) is 30.3 Å². The molecule has 1 aromatic rings. The molecular weight excluding hydrogens is 328 g/mol. The van der Waals surface area contributed by atoms with E-state index in [0.29, 0.717) is 37.9 Å². The number of nitrogens with one attached hydrogen (secondary N) is 1. The van der Waals surface area contributed by atoms with Crippen molar-refractivity contribution >= 4 is 11.8 Å². The quantitative estimate of drug-likeness (QED) is 0.862. The Morgan fingerprint density at radius 3 is 2.35 bits per heavy atom. The summed E-state index contributed by atoms with van der Waals surface area (Å²) in [4.78, 5) is 26.7. The maximum Gasteiger partial charge on any atom is 0.253 e. The molecular formula is C20H28N4O2. The van der Waals surface area contributed by atoms with Gasteiger partial charge in [0.25, 0.3) is 5.91 Å². The standard InChI is InChI=1S/C20H28N4O2/c1-19(2,3)13-16(22)17(25)23-20(14-21)9-11-24(12-10-20)18(26)15-7-5-4-6-8-15/h4-8,16H,9-13,22H2,1-3H3,(H,23,25). The smallest absolute Gasteiger partial charge is 0.253 e. The number of carbonyl (C=O) groups is 2. The van der Waals surface area contributed by atoms with Crippen molar-refractivity contribution in [3.8, 4) is 6.07 Å². The molecule has 1 fully saturated rings. The third-order valence-corrected chi connectivity index (χ3v) is 4.67. The van der Waals surface area contributed by atoms with E-state index in [4.69, 9.17) is 5.73 Å². The normalized spacial score (nSPS) is 17.9. The van der Waals surface area contributed by atoms with Crippen LogP contribution in [0.4, 0.5) is 0 Å². The summed E-state index contributed by atoms with van der Waals surface area (Å²) in [5.74, 6) is -0.350. The number of likely N-dealkylation sites (tertiary alicyclic amines) is 1. The van der Waals surface area contributed by atoms with Gasteiger partial charge in [0.1, 0.15) is 5.54 Å². The SMILES string of the molecule is CC(C)(C)CC(N)C(=O)NC1(C#N)CCN(C(=O)c2ccccc2)CC1. The molecule has 0 aliphatic carbocycles. The van der Waals surface area contributed by atoms with Gasteiger partial charge in [-0.05, 0) is 24.0 Å². The average Bonchev–Trinajstić information content (AvgIpc) is 2.61. The third kappa shape index (κ3) is 5.06. The van der Waals surface area contributed by atoms with Crippen molar-refractivity contribution in [2.24, 2.45) is 11.1 Å². The Balaban J connectivity index is 1.97. The second-order valence-corrected chi connectivity index (χ2v) is 8.21. The zero-order valence-electron chi connectivity index (χ0n) is 15.8. The summed E-state index contributed by atoms with van der Waals surface area (Å²) in [6.07, 6.45) is 1.34. The maximum absolute atomic E-state index is 12.5. The fourth-order valence-electron chi connectivity index (χ4n) is 3.20. The van der Waals surface area contributed by atoms with Crippen molar-refractivity contribution < 1.29 is 9.59 Å². The lowest BCUT2D eigenvalue weighted by atomic mass is 9.86. The molecule has 0 aromatic heterocycles. The van der Waals surface area contributed by atoms with Crippen LogP contribution in [0.25, 0.3) is 0 Å². The molecule has 2 amide bonds. The number of nitrogens with two attached hydrogens (primary N) is 1. The Kier molecular flexibility index (Phi) is 6.04. The molecule has 0 radical (unpaired) electrons. The van der Waals surface area contributed by atoms with Gasteiger partial charge in [-0.1, -0.05) is 39.0 Å². The largest absolute Gasteiger partial charge is 0.338 e. The zero-order valence-corrected chi connectivity index (χ0v) is 15.8. The van der Waals surface area contributed by atoms with E-state index in [2.05, 4.69) is 11.4 Å². The minimum atomic E-state index is -0.958. The minimum Gasteiger partial charge on any atom is -0.338 e. The van der Waals surface area contributed by atoms with Crippen LogP contribution < -0.4 is 11.1 Å². The van der Waals surface area contributed by atoms with Gasteiger partial charge in [0, 0.05) is 31.5 Å². The van der Waals surface area contributed by atoms with Crippen molar-refractivity contribution in [2.75, 3.05) is 13.1 Å². The molecule has 26 heavy (non-hydrogen) atoms. The van der Waals surface area contributed by atoms with Crippen LogP contribution in [0.2, 0.25) is 0 Å². The number of benzene rings is 1. The number of nitriles is 1. The van der Waals surface area contributed by atoms with Crippen molar-refractivity contribution in [3.63, 3.8) is 0 Å². The minimum absolute atomic E-state index is 0.0482. The highest BCUT2D eigenvalue weighted by Gasteiger charge is 2.38. The summed E-state index contributed by atoms with van der Waals surface area (Å²) in [5, 5.41) is 12.5. The predicted molar refractivity (Wildman–Crippen MR) is 100 cm³/mol. The lowest BCUT2D eigenvalue weighted by molar-refractivity contribution is -0.124. The van der Waals surface area contributed by atoms with E-state index in [0.717, 1.165) is 0 Å². The molecule has 1 aliphatic rings. The lowest BCUT2D eigenvalue weighted by Gasteiger charge is -2.38. The molecule has 6 nitrogen and oxygen atoms in total. The number of rotatable bonds is 4. The predicted octanol–water partition coefficient (Wildman–Crippen LogP) is 2.06. The summed E-state index contributed by atoms with van der Waals surface area (Å²) in [6.45, 7) is 6.92. The number of amides is 2. The first-order valence-corrected chi connectivity index (χ1v) is 8.99. The number of piperidine rings is 1. The maximum atomic E-state index is 12.5. The van der Waals surface area contributed by atoms with Gasteiger partial charge in [0.15, 0.2) is 0 Å².